The molecular formula is C50H66N8O9S. The summed E-state index contributed by atoms with van der Waals surface area (Å²) >= 11 is 1.57. The Morgan fingerprint density at radius 1 is 0.794 bits per heavy atom. The van der Waals surface area contributed by atoms with Gasteiger partial charge in [-0.05, 0) is 66.0 Å². The van der Waals surface area contributed by atoms with E-state index >= 15 is 0 Å². The van der Waals surface area contributed by atoms with Crippen LogP contribution in [-0.2, 0) is 52.9 Å². The molecule has 2 aliphatic heterocycles. The summed E-state index contributed by atoms with van der Waals surface area (Å²) in [5, 5.41) is 19.2. The highest BCUT2D eigenvalue weighted by Crippen LogP contribution is 2.29. The highest BCUT2D eigenvalue weighted by molar-refractivity contribution is 7.13. The van der Waals surface area contributed by atoms with Gasteiger partial charge in [0.25, 0.3) is 5.91 Å². The van der Waals surface area contributed by atoms with Crippen molar-refractivity contribution in [3.05, 3.63) is 101 Å². The minimum Gasteiger partial charge on any atom is -0.391 e. The number of aliphatic hydroxyl groups excluding tert-OH is 1. The molecule has 4 N–H and O–H groups in total. The number of rotatable bonds is 23. The number of thiazole rings is 1. The third kappa shape index (κ3) is 15.7. The Labute approximate surface area is 402 Å². The number of carbonyl (C=O) groups excluding carboxylic acids is 5. The second-order valence-electron chi connectivity index (χ2n) is 18.4. The van der Waals surface area contributed by atoms with E-state index in [2.05, 4.69) is 30.9 Å². The minimum atomic E-state index is -0.940. The average Bonchev–Trinajstić information content (AvgIpc) is 3.96. The van der Waals surface area contributed by atoms with Gasteiger partial charge in [-0.1, -0.05) is 57.2 Å². The lowest BCUT2D eigenvalue weighted by molar-refractivity contribution is -0.144. The zero-order chi connectivity index (χ0) is 48.5. The van der Waals surface area contributed by atoms with Gasteiger partial charge in [0.05, 0.1) is 61.8 Å². The first kappa shape index (κ1) is 51.7. The molecule has 2 aliphatic rings. The summed E-state index contributed by atoms with van der Waals surface area (Å²) in [7, 11) is 0. The third-order valence-electron chi connectivity index (χ3n) is 12.1. The van der Waals surface area contributed by atoms with Crippen LogP contribution >= 0.6 is 11.3 Å². The predicted molar refractivity (Wildman–Crippen MR) is 256 cm³/mol. The summed E-state index contributed by atoms with van der Waals surface area (Å²) in [5.74, 6) is 0.000744. The van der Waals surface area contributed by atoms with Crippen LogP contribution in [0.5, 0.6) is 0 Å². The molecule has 4 heterocycles. The molecule has 4 aromatic rings. The number of aliphatic hydroxyl groups is 1. The summed E-state index contributed by atoms with van der Waals surface area (Å²) < 4.78 is 16.7. The first-order chi connectivity index (χ1) is 32.7. The summed E-state index contributed by atoms with van der Waals surface area (Å²) in [6.07, 6.45) is 5.62. The van der Waals surface area contributed by atoms with Gasteiger partial charge in [0.15, 0.2) is 0 Å². The van der Waals surface area contributed by atoms with Gasteiger partial charge in [0, 0.05) is 76.4 Å². The number of ether oxygens (including phenoxy) is 3. The molecule has 0 bridgehead atoms. The largest absolute Gasteiger partial charge is 0.391 e. The fraction of sp³-hybridized carbons (Fsp3) is 0.520. The Kier molecular flexibility index (Phi) is 19.5. The number of β-amino-alcohol motifs (C(OH)–C–C–N with tert-alkyl or cyclic N) is 1. The SMILES string of the molecule is Cc1ncsc1-c1ccc(CNC(=O)[C@@H]2C[C@@H](O)CN2C(=O)[C@@H](NC(=O)CCOCCOCCOCCC(=O)NCc2ccc(C(=O)N3CCC(Cc4ncccn4)CC3)cc2)C(C)(C)C)cc1. The normalized spacial score (nSPS) is 16.9. The highest BCUT2D eigenvalue weighted by atomic mass is 32.1. The Bertz CT molecular complexity index is 2250. The Balaban J connectivity index is 0.789. The minimum absolute atomic E-state index is 0.0101. The van der Waals surface area contributed by atoms with Crippen molar-refractivity contribution in [1.29, 1.82) is 0 Å². The van der Waals surface area contributed by atoms with Crippen molar-refractivity contribution >= 4 is 40.9 Å². The van der Waals surface area contributed by atoms with Crippen molar-refractivity contribution < 1.29 is 43.3 Å². The second-order valence-corrected chi connectivity index (χ2v) is 19.2. The lowest BCUT2D eigenvalue weighted by atomic mass is 9.85. The zero-order valence-electron chi connectivity index (χ0n) is 39.6. The number of aryl methyl sites for hydroxylation is 1. The summed E-state index contributed by atoms with van der Waals surface area (Å²) in [6, 6.07) is 15.2. The van der Waals surface area contributed by atoms with Gasteiger partial charge in [0.1, 0.15) is 17.9 Å². The van der Waals surface area contributed by atoms with Crippen molar-refractivity contribution in [2.45, 2.75) is 97.5 Å². The number of hydrogen-bond acceptors (Lipinski definition) is 13. The number of amides is 5. The van der Waals surface area contributed by atoms with Crippen LogP contribution in [-0.4, -0.2) is 137 Å². The van der Waals surface area contributed by atoms with Gasteiger partial charge in [-0.15, -0.1) is 11.3 Å². The summed E-state index contributed by atoms with van der Waals surface area (Å²) in [6.45, 7) is 10.9. The monoisotopic (exact) mass is 954 g/mol. The molecule has 2 aromatic carbocycles. The molecule has 2 saturated heterocycles. The molecule has 5 amide bonds. The van der Waals surface area contributed by atoms with Crippen LogP contribution < -0.4 is 16.0 Å². The molecule has 68 heavy (non-hydrogen) atoms. The van der Waals surface area contributed by atoms with Crippen LogP contribution in [0.15, 0.2) is 72.5 Å². The molecular weight excluding hydrogens is 889 g/mol. The van der Waals surface area contributed by atoms with E-state index in [1.54, 1.807) is 23.7 Å². The number of nitrogens with zero attached hydrogens (tertiary/aromatic N) is 5. The topological polar surface area (TPSA) is 215 Å². The van der Waals surface area contributed by atoms with Gasteiger partial charge in [0.2, 0.25) is 23.6 Å². The van der Waals surface area contributed by atoms with E-state index < -0.39 is 29.5 Å². The van der Waals surface area contributed by atoms with E-state index in [0.717, 1.165) is 52.3 Å². The van der Waals surface area contributed by atoms with Crippen LogP contribution in [0.4, 0.5) is 0 Å². The standard InChI is InChI=1S/C50H66N8O9S/c1-34-45(68-33-55-34)38-10-6-37(7-11-38)31-54-47(62)41-29-40(59)32-58(41)49(64)46(50(2,3)4)56-44(61)17-23-66-25-27-67-26-24-65-22-16-43(60)53-30-36-8-12-39(13-9-36)48(63)57-20-14-35(15-21-57)28-42-51-18-5-19-52-42/h5-13,18-19,33,35,40-41,46,59H,14-17,20-32H2,1-4H3,(H,53,60)(H,54,62)(H,56,61)/t40-,41+,46-/m1/s1. The third-order valence-corrected chi connectivity index (χ3v) is 13.1. The lowest BCUT2D eigenvalue weighted by Crippen LogP contribution is -2.57. The van der Waals surface area contributed by atoms with E-state index in [1.807, 2.05) is 92.7 Å². The van der Waals surface area contributed by atoms with Crippen LogP contribution in [0.2, 0.25) is 0 Å². The summed E-state index contributed by atoms with van der Waals surface area (Å²) in [4.78, 5) is 83.2. The number of benzene rings is 2. The molecule has 3 atom stereocenters. The summed E-state index contributed by atoms with van der Waals surface area (Å²) in [5.41, 5.74) is 5.55. The molecule has 18 heteroatoms. The van der Waals surface area contributed by atoms with Crippen molar-refractivity contribution in [3.8, 4) is 10.4 Å². The van der Waals surface area contributed by atoms with E-state index in [0.29, 0.717) is 44.3 Å². The van der Waals surface area contributed by atoms with Gasteiger partial charge < -0.3 is 45.1 Å². The second kappa shape index (κ2) is 25.6. The van der Waals surface area contributed by atoms with Gasteiger partial charge in [-0.2, -0.15) is 0 Å². The number of likely N-dealkylation sites (tertiary alicyclic amines) is 2. The zero-order valence-corrected chi connectivity index (χ0v) is 40.4. The number of aromatic nitrogens is 3. The Morgan fingerprint density at radius 3 is 1.99 bits per heavy atom. The van der Waals surface area contributed by atoms with E-state index in [-0.39, 0.29) is 82.4 Å². The maximum Gasteiger partial charge on any atom is 0.253 e. The van der Waals surface area contributed by atoms with Crippen molar-refractivity contribution in [2.75, 3.05) is 59.3 Å². The molecule has 0 saturated carbocycles. The van der Waals surface area contributed by atoms with E-state index in [4.69, 9.17) is 14.2 Å². The van der Waals surface area contributed by atoms with E-state index in [1.165, 1.54) is 4.90 Å². The molecule has 2 aromatic heterocycles. The molecule has 2 fully saturated rings. The molecule has 17 nitrogen and oxygen atoms in total. The molecule has 0 aliphatic carbocycles. The first-order valence-electron chi connectivity index (χ1n) is 23.4. The van der Waals surface area contributed by atoms with Crippen LogP contribution in [0.25, 0.3) is 10.4 Å². The fourth-order valence-corrected chi connectivity index (χ4v) is 8.97. The number of nitrogens with one attached hydrogen (secondary N) is 3. The smallest absolute Gasteiger partial charge is 0.253 e. The van der Waals surface area contributed by atoms with Crippen molar-refractivity contribution in [1.82, 2.24) is 40.7 Å². The van der Waals surface area contributed by atoms with Gasteiger partial charge >= 0.3 is 0 Å². The maximum atomic E-state index is 13.9. The fourth-order valence-electron chi connectivity index (χ4n) is 8.16. The maximum absolute atomic E-state index is 13.9. The molecule has 0 spiro atoms. The van der Waals surface area contributed by atoms with Crippen LogP contribution in [0.3, 0.4) is 0 Å². The molecule has 6 rings (SSSR count). The number of carbonyl (C=O) groups is 5. The van der Waals surface area contributed by atoms with Crippen LogP contribution in [0.1, 0.15) is 85.9 Å². The predicted octanol–water partition coefficient (Wildman–Crippen LogP) is 4.26. The Morgan fingerprint density at radius 2 is 1.38 bits per heavy atom. The quantitative estimate of drug-likeness (QED) is 0.0769. The molecule has 366 valence electrons. The average molecular weight is 955 g/mol. The first-order valence-corrected chi connectivity index (χ1v) is 24.3. The molecule has 0 unspecified atom stereocenters. The lowest BCUT2D eigenvalue weighted by Gasteiger charge is -2.35. The van der Waals surface area contributed by atoms with Crippen LogP contribution in [0, 0.1) is 18.3 Å². The van der Waals surface area contributed by atoms with Gasteiger partial charge in [-0.25, -0.2) is 15.0 Å². The number of piperidine rings is 1. The van der Waals surface area contributed by atoms with Crippen molar-refractivity contribution in [2.24, 2.45) is 11.3 Å². The Hall–Kier alpha value is -5.66. The number of hydrogen-bond donors (Lipinski definition) is 4. The van der Waals surface area contributed by atoms with E-state index in [9.17, 15) is 29.1 Å². The van der Waals surface area contributed by atoms with Gasteiger partial charge in [-0.3, -0.25) is 24.0 Å². The molecule has 0 radical (unpaired) electrons. The van der Waals surface area contributed by atoms with Crippen molar-refractivity contribution in [3.63, 3.8) is 0 Å². The highest BCUT2D eigenvalue weighted by Gasteiger charge is 2.44.